The van der Waals surface area contributed by atoms with E-state index in [-0.39, 0.29) is 24.4 Å². The molecule has 1 aliphatic rings. The van der Waals surface area contributed by atoms with Crippen molar-refractivity contribution < 1.29 is 13.2 Å². The minimum atomic E-state index is -3.57. The molecule has 0 spiro atoms. The molecule has 1 aromatic carbocycles. The van der Waals surface area contributed by atoms with Gasteiger partial charge in [-0.15, -0.1) is 6.42 Å². The fourth-order valence-corrected chi connectivity index (χ4v) is 5.29. The van der Waals surface area contributed by atoms with Gasteiger partial charge in [0.2, 0.25) is 15.9 Å². The smallest absolute Gasteiger partial charge is 0.243 e. The lowest BCUT2D eigenvalue weighted by Gasteiger charge is -2.34. The summed E-state index contributed by atoms with van der Waals surface area (Å²) in [7, 11) is -3.57. The van der Waals surface area contributed by atoms with Gasteiger partial charge in [-0.2, -0.15) is 4.31 Å². The van der Waals surface area contributed by atoms with Crippen LogP contribution in [-0.4, -0.2) is 62.8 Å². The third kappa shape index (κ3) is 5.13. The average Bonchev–Trinajstić information content (AvgIpc) is 2.58. The normalized spacial score (nSPS) is 16.6. The first kappa shape index (κ1) is 22.4. The number of amides is 1. The fraction of sp³-hybridized carbons (Fsp3) is 0.571. The van der Waals surface area contributed by atoms with E-state index < -0.39 is 10.0 Å². The highest BCUT2D eigenvalue weighted by Crippen LogP contribution is 2.31. The van der Waals surface area contributed by atoms with Gasteiger partial charge in [-0.25, -0.2) is 8.42 Å². The Hall–Kier alpha value is -1.88. The van der Waals surface area contributed by atoms with Crippen LogP contribution in [0.15, 0.2) is 17.0 Å². The van der Waals surface area contributed by atoms with E-state index in [9.17, 15) is 13.2 Å². The van der Waals surface area contributed by atoms with Crippen molar-refractivity contribution in [2.75, 3.05) is 39.3 Å². The highest BCUT2D eigenvalue weighted by molar-refractivity contribution is 7.89. The van der Waals surface area contributed by atoms with Crippen molar-refractivity contribution in [2.24, 2.45) is 0 Å². The molecule has 0 radical (unpaired) electrons. The second-order valence-electron chi connectivity index (χ2n) is 8.35. The fourth-order valence-electron chi connectivity index (χ4n) is 3.46. The van der Waals surface area contributed by atoms with E-state index in [1.807, 2.05) is 30.9 Å². The zero-order valence-corrected chi connectivity index (χ0v) is 18.3. The molecular formula is C21H31N3O3S. The number of benzene rings is 1. The number of nitrogens with zero attached hydrogens (tertiary/aromatic N) is 2. The van der Waals surface area contributed by atoms with E-state index >= 15 is 0 Å². The Bertz CT molecular complexity index is 848. The molecule has 0 aliphatic carbocycles. The number of aryl methyl sites for hydroxylation is 2. The summed E-state index contributed by atoms with van der Waals surface area (Å²) in [5, 5.41) is 2.63. The average molecular weight is 406 g/mol. The Morgan fingerprint density at radius 3 is 2.14 bits per heavy atom. The minimum Gasteiger partial charge on any atom is -0.344 e. The van der Waals surface area contributed by atoms with Crippen LogP contribution in [0.25, 0.3) is 0 Å². The van der Waals surface area contributed by atoms with Crippen molar-refractivity contribution in [3.8, 4) is 12.3 Å². The monoisotopic (exact) mass is 405 g/mol. The molecule has 0 bridgehead atoms. The number of rotatable bonds is 5. The van der Waals surface area contributed by atoms with Gasteiger partial charge in [-0.05, 0) is 36.0 Å². The molecule has 1 N–H and O–H groups in total. The maximum atomic E-state index is 13.3. The zero-order chi connectivity index (χ0) is 21.1. The zero-order valence-electron chi connectivity index (χ0n) is 17.5. The maximum absolute atomic E-state index is 13.3. The van der Waals surface area contributed by atoms with Crippen LogP contribution in [0.5, 0.6) is 0 Å². The molecule has 2 rings (SSSR count). The summed E-state index contributed by atoms with van der Waals surface area (Å²) in [5.74, 6) is 2.23. The lowest BCUT2D eigenvalue weighted by Crippen LogP contribution is -2.51. The Morgan fingerprint density at radius 1 is 1.14 bits per heavy atom. The summed E-state index contributed by atoms with van der Waals surface area (Å²) in [6, 6.07) is 3.96. The van der Waals surface area contributed by atoms with Crippen molar-refractivity contribution >= 4 is 15.9 Å². The van der Waals surface area contributed by atoms with Gasteiger partial charge >= 0.3 is 0 Å². The molecule has 6 nitrogen and oxygen atoms in total. The largest absolute Gasteiger partial charge is 0.344 e. The lowest BCUT2D eigenvalue weighted by atomic mass is 9.85. The number of nitrogens with one attached hydrogen (secondary N) is 1. The van der Waals surface area contributed by atoms with Gasteiger partial charge in [0.15, 0.2) is 0 Å². The summed E-state index contributed by atoms with van der Waals surface area (Å²) in [5.41, 5.74) is 2.65. The molecule has 0 aromatic heterocycles. The predicted molar refractivity (Wildman–Crippen MR) is 112 cm³/mol. The molecule has 1 aliphatic heterocycles. The van der Waals surface area contributed by atoms with Crippen LogP contribution in [0.2, 0.25) is 0 Å². The van der Waals surface area contributed by atoms with E-state index in [4.69, 9.17) is 6.42 Å². The van der Waals surface area contributed by atoms with Gasteiger partial charge in [-0.1, -0.05) is 38.8 Å². The highest BCUT2D eigenvalue weighted by atomic mass is 32.2. The van der Waals surface area contributed by atoms with Crippen molar-refractivity contribution in [3.63, 3.8) is 0 Å². The van der Waals surface area contributed by atoms with Gasteiger partial charge < -0.3 is 5.32 Å². The summed E-state index contributed by atoms with van der Waals surface area (Å²) >= 11 is 0. The number of piperazine rings is 1. The second-order valence-corrected chi connectivity index (χ2v) is 10.2. The summed E-state index contributed by atoms with van der Waals surface area (Å²) in [6.45, 7) is 12.3. The topological polar surface area (TPSA) is 69.7 Å². The Labute approximate surface area is 169 Å². The molecular weight excluding hydrogens is 374 g/mol. The number of carbonyl (C=O) groups excluding carboxylic acids is 1. The Morgan fingerprint density at radius 2 is 1.68 bits per heavy atom. The summed E-state index contributed by atoms with van der Waals surface area (Å²) in [4.78, 5) is 14.1. The van der Waals surface area contributed by atoms with Crippen LogP contribution in [0, 0.1) is 26.2 Å². The molecule has 154 valence electrons. The van der Waals surface area contributed by atoms with Gasteiger partial charge in [0.25, 0.3) is 0 Å². The number of sulfonamides is 1. The van der Waals surface area contributed by atoms with E-state index in [0.717, 1.165) is 16.7 Å². The van der Waals surface area contributed by atoms with Gasteiger partial charge in [0.05, 0.1) is 18.0 Å². The van der Waals surface area contributed by atoms with Crippen LogP contribution in [0.4, 0.5) is 0 Å². The third-order valence-electron chi connectivity index (χ3n) is 5.01. The first-order chi connectivity index (χ1) is 13.0. The molecule has 0 saturated carbocycles. The molecule has 1 fully saturated rings. The van der Waals surface area contributed by atoms with Crippen LogP contribution >= 0.6 is 0 Å². The lowest BCUT2D eigenvalue weighted by molar-refractivity contribution is -0.122. The van der Waals surface area contributed by atoms with Crippen LogP contribution in [0.1, 0.15) is 37.5 Å². The maximum Gasteiger partial charge on any atom is 0.243 e. The second kappa shape index (κ2) is 8.64. The SMILES string of the molecule is C#CCNC(=O)CN1CCN(S(=O)(=O)c2c(C)cc(C(C)(C)C)cc2C)CC1. The van der Waals surface area contributed by atoms with Crippen molar-refractivity contribution in [1.29, 1.82) is 0 Å². The minimum absolute atomic E-state index is 0.0383. The molecule has 1 heterocycles. The molecule has 0 unspecified atom stereocenters. The van der Waals surface area contributed by atoms with E-state index in [2.05, 4.69) is 32.0 Å². The van der Waals surface area contributed by atoms with Gasteiger partial charge in [0, 0.05) is 26.2 Å². The van der Waals surface area contributed by atoms with Crippen molar-refractivity contribution in [3.05, 3.63) is 28.8 Å². The summed E-state index contributed by atoms with van der Waals surface area (Å²) < 4.78 is 28.1. The first-order valence-electron chi connectivity index (χ1n) is 9.51. The molecule has 28 heavy (non-hydrogen) atoms. The summed E-state index contributed by atoms with van der Waals surface area (Å²) in [6.07, 6.45) is 5.14. The molecule has 7 heteroatoms. The van der Waals surface area contributed by atoms with E-state index in [1.165, 1.54) is 4.31 Å². The quantitative estimate of drug-likeness (QED) is 0.757. The van der Waals surface area contributed by atoms with E-state index in [1.54, 1.807) is 0 Å². The number of hydrogen-bond donors (Lipinski definition) is 1. The van der Waals surface area contributed by atoms with Gasteiger partial charge in [-0.3, -0.25) is 9.69 Å². The van der Waals surface area contributed by atoms with Crippen LogP contribution < -0.4 is 5.32 Å². The molecule has 0 atom stereocenters. The van der Waals surface area contributed by atoms with Crippen molar-refractivity contribution in [1.82, 2.24) is 14.5 Å². The first-order valence-corrected chi connectivity index (χ1v) is 10.9. The van der Waals surface area contributed by atoms with Gasteiger partial charge in [0.1, 0.15) is 0 Å². The van der Waals surface area contributed by atoms with Crippen LogP contribution in [0.3, 0.4) is 0 Å². The number of terminal acetylenes is 1. The molecule has 1 amide bonds. The molecule has 1 saturated heterocycles. The number of carbonyl (C=O) groups is 1. The third-order valence-corrected chi connectivity index (χ3v) is 7.22. The predicted octanol–water partition coefficient (Wildman–Crippen LogP) is 1.66. The molecule has 1 aromatic rings. The van der Waals surface area contributed by atoms with Crippen LogP contribution in [-0.2, 0) is 20.2 Å². The Balaban J connectivity index is 2.13. The highest BCUT2D eigenvalue weighted by Gasteiger charge is 2.32. The number of hydrogen-bond acceptors (Lipinski definition) is 4. The van der Waals surface area contributed by atoms with Crippen molar-refractivity contribution in [2.45, 2.75) is 44.9 Å². The standard InChI is InChI=1S/C21H31N3O3S/c1-7-8-22-19(25)15-23-9-11-24(12-10-23)28(26,27)20-16(2)13-18(14-17(20)3)21(4,5)6/h1,13-14H,8-12,15H2,2-6H3,(H,22,25). The Kier molecular flexibility index (Phi) is 6.92. The van der Waals surface area contributed by atoms with E-state index in [0.29, 0.717) is 31.1 Å².